The number of amides is 1. The summed E-state index contributed by atoms with van der Waals surface area (Å²) in [6.07, 6.45) is 0. The van der Waals surface area contributed by atoms with Crippen molar-refractivity contribution in [3.05, 3.63) is 65.0 Å². The van der Waals surface area contributed by atoms with Gasteiger partial charge in [0.2, 0.25) is 0 Å². The minimum absolute atomic E-state index is 0.200. The largest absolute Gasteiger partial charge is 0.486 e. The van der Waals surface area contributed by atoms with Crippen LogP contribution in [0.25, 0.3) is 10.4 Å². The third-order valence-corrected chi connectivity index (χ3v) is 5.04. The number of benzene rings is 2. The zero-order chi connectivity index (χ0) is 17.9. The van der Waals surface area contributed by atoms with Gasteiger partial charge in [-0.15, -0.1) is 11.3 Å². The highest BCUT2D eigenvalue weighted by Crippen LogP contribution is 2.37. The molecule has 2 heterocycles. The van der Waals surface area contributed by atoms with Gasteiger partial charge < -0.3 is 14.8 Å². The summed E-state index contributed by atoms with van der Waals surface area (Å²) in [4.78, 5) is 14.0. The number of carbonyl (C=O) groups excluding carboxylic acids is 1. The van der Waals surface area contributed by atoms with E-state index in [1.165, 1.54) is 11.3 Å². The van der Waals surface area contributed by atoms with E-state index in [1.807, 2.05) is 24.3 Å². The summed E-state index contributed by atoms with van der Waals surface area (Å²) in [5, 5.41) is 11.8. The first-order valence-corrected chi connectivity index (χ1v) is 8.86. The lowest BCUT2D eigenvalue weighted by Gasteiger charge is -2.18. The van der Waals surface area contributed by atoms with Gasteiger partial charge in [0.15, 0.2) is 11.5 Å². The van der Waals surface area contributed by atoms with Crippen LogP contribution in [0.2, 0.25) is 0 Å². The van der Waals surface area contributed by atoms with E-state index in [2.05, 4.69) is 11.4 Å². The SMILES string of the molecule is N#Cc1cccc(NC(=O)c2ccc(-c3ccc4c(c3)OCCO4)s2)c1. The van der Waals surface area contributed by atoms with E-state index in [-0.39, 0.29) is 5.91 Å². The van der Waals surface area contributed by atoms with E-state index in [1.54, 1.807) is 30.3 Å². The van der Waals surface area contributed by atoms with Crippen LogP contribution in [-0.2, 0) is 0 Å². The van der Waals surface area contributed by atoms with Crippen molar-refractivity contribution in [3.63, 3.8) is 0 Å². The van der Waals surface area contributed by atoms with Gasteiger partial charge in [-0.25, -0.2) is 0 Å². The van der Waals surface area contributed by atoms with E-state index < -0.39 is 0 Å². The smallest absolute Gasteiger partial charge is 0.265 e. The van der Waals surface area contributed by atoms with Gasteiger partial charge in [-0.3, -0.25) is 4.79 Å². The number of hydrogen-bond donors (Lipinski definition) is 1. The average Bonchev–Trinajstić information content (AvgIpc) is 3.18. The van der Waals surface area contributed by atoms with Crippen molar-refractivity contribution in [3.8, 4) is 28.0 Å². The van der Waals surface area contributed by atoms with Crippen molar-refractivity contribution in [2.24, 2.45) is 0 Å². The van der Waals surface area contributed by atoms with Gasteiger partial charge in [-0.1, -0.05) is 6.07 Å². The fourth-order valence-electron chi connectivity index (χ4n) is 2.67. The second-order valence-electron chi connectivity index (χ2n) is 5.67. The summed E-state index contributed by atoms with van der Waals surface area (Å²) in [7, 11) is 0. The Balaban J connectivity index is 1.54. The number of fused-ring (bicyclic) bond motifs is 1. The monoisotopic (exact) mass is 362 g/mol. The molecule has 0 radical (unpaired) electrons. The zero-order valence-electron chi connectivity index (χ0n) is 13.7. The minimum atomic E-state index is -0.200. The van der Waals surface area contributed by atoms with Crippen LogP contribution >= 0.6 is 11.3 Å². The maximum Gasteiger partial charge on any atom is 0.265 e. The molecule has 0 saturated carbocycles. The number of anilines is 1. The quantitative estimate of drug-likeness (QED) is 0.754. The van der Waals surface area contributed by atoms with Crippen LogP contribution in [0, 0.1) is 11.3 Å². The molecule has 2 aromatic carbocycles. The standard InChI is InChI=1S/C20H14N2O3S/c21-12-13-2-1-3-15(10-13)22-20(23)19-7-6-18(26-19)14-4-5-16-17(11-14)25-9-8-24-16/h1-7,10-11H,8-9H2,(H,22,23). The highest BCUT2D eigenvalue weighted by atomic mass is 32.1. The summed E-state index contributed by atoms with van der Waals surface area (Å²) in [6.45, 7) is 1.10. The summed E-state index contributed by atoms with van der Waals surface area (Å²) in [5.74, 6) is 1.27. The molecule has 3 aromatic rings. The van der Waals surface area contributed by atoms with Gasteiger partial charge >= 0.3 is 0 Å². The highest BCUT2D eigenvalue weighted by Gasteiger charge is 2.15. The van der Waals surface area contributed by atoms with Crippen LogP contribution < -0.4 is 14.8 Å². The van der Waals surface area contributed by atoms with Gasteiger partial charge in [0, 0.05) is 10.6 Å². The zero-order valence-corrected chi connectivity index (χ0v) is 14.5. The first-order chi connectivity index (χ1) is 12.7. The summed E-state index contributed by atoms with van der Waals surface area (Å²) in [5.41, 5.74) is 2.08. The summed E-state index contributed by atoms with van der Waals surface area (Å²) >= 11 is 1.40. The Bertz CT molecular complexity index is 1020. The first-order valence-electron chi connectivity index (χ1n) is 8.04. The fraction of sp³-hybridized carbons (Fsp3) is 0.100. The molecule has 0 bridgehead atoms. The molecular weight excluding hydrogens is 348 g/mol. The Labute approximate surface area is 154 Å². The van der Waals surface area contributed by atoms with E-state index in [0.717, 1.165) is 21.9 Å². The van der Waals surface area contributed by atoms with Crippen LogP contribution in [-0.4, -0.2) is 19.1 Å². The molecule has 5 nitrogen and oxygen atoms in total. The molecular formula is C20H14N2O3S. The number of hydrogen-bond acceptors (Lipinski definition) is 5. The minimum Gasteiger partial charge on any atom is -0.486 e. The lowest BCUT2D eigenvalue weighted by molar-refractivity contribution is 0.103. The number of nitrogens with one attached hydrogen (secondary N) is 1. The molecule has 0 fully saturated rings. The molecule has 6 heteroatoms. The Hall–Kier alpha value is -3.30. The predicted octanol–water partition coefficient (Wildman–Crippen LogP) is 4.31. The van der Waals surface area contributed by atoms with Gasteiger partial charge in [-0.05, 0) is 54.1 Å². The van der Waals surface area contributed by atoms with E-state index in [4.69, 9.17) is 14.7 Å². The number of nitrogens with zero attached hydrogens (tertiary/aromatic N) is 1. The lowest BCUT2D eigenvalue weighted by Crippen LogP contribution is -2.15. The third kappa shape index (κ3) is 3.25. The van der Waals surface area contributed by atoms with E-state index >= 15 is 0 Å². The molecule has 0 atom stereocenters. The topological polar surface area (TPSA) is 71.4 Å². The number of carbonyl (C=O) groups is 1. The molecule has 1 aliphatic rings. The second-order valence-corrected chi connectivity index (χ2v) is 6.75. The normalized spacial score (nSPS) is 12.3. The highest BCUT2D eigenvalue weighted by molar-refractivity contribution is 7.17. The van der Waals surface area contributed by atoms with E-state index in [0.29, 0.717) is 29.3 Å². The molecule has 1 aliphatic heterocycles. The Morgan fingerprint density at radius 2 is 1.88 bits per heavy atom. The van der Waals surface area contributed by atoms with Gasteiger partial charge in [0.25, 0.3) is 5.91 Å². The number of nitriles is 1. The fourth-order valence-corrected chi connectivity index (χ4v) is 3.57. The van der Waals surface area contributed by atoms with Crippen LogP contribution in [0.15, 0.2) is 54.6 Å². The van der Waals surface area contributed by atoms with Crippen molar-refractivity contribution < 1.29 is 14.3 Å². The van der Waals surface area contributed by atoms with Gasteiger partial charge in [-0.2, -0.15) is 5.26 Å². The molecule has 1 N–H and O–H groups in total. The van der Waals surface area contributed by atoms with Crippen molar-refractivity contribution >= 4 is 22.9 Å². The van der Waals surface area contributed by atoms with Crippen LogP contribution in [0.3, 0.4) is 0 Å². The molecule has 26 heavy (non-hydrogen) atoms. The maximum absolute atomic E-state index is 12.5. The Morgan fingerprint density at radius 1 is 1.04 bits per heavy atom. The summed E-state index contributed by atoms with van der Waals surface area (Å²) in [6, 6.07) is 18.4. The van der Waals surface area contributed by atoms with E-state index in [9.17, 15) is 4.79 Å². The van der Waals surface area contributed by atoms with Crippen molar-refractivity contribution in [2.75, 3.05) is 18.5 Å². The van der Waals surface area contributed by atoms with Crippen LogP contribution in [0.4, 0.5) is 5.69 Å². The molecule has 1 aromatic heterocycles. The van der Waals surface area contributed by atoms with Crippen LogP contribution in [0.1, 0.15) is 15.2 Å². The predicted molar refractivity (Wildman–Crippen MR) is 99.9 cm³/mol. The molecule has 4 rings (SSSR count). The molecule has 128 valence electrons. The van der Waals surface area contributed by atoms with Gasteiger partial charge in [0.1, 0.15) is 13.2 Å². The number of ether oxygens (including phenoxy) is 2. The maximum atomic E-state index is 12.5. The lowest BCUT2D eigenvalue weighted by atomic mass is 10.1. The molecule has 0 aliphatic carbocycles. The van der Waals surface area contributed by atoms with Gasteiger partial charge in [0.05, 0.1) is 16.5 Å². The summed E-state index contributed by atoms with van der Waals surface area (Å²) < 4.78 is 11.1. The number of thiophene rings is 1. The molecule has 0 saturated heterocycles. The van der Waals surface area contributed by atoms with Crippen LogP contribution in [0.5, 0.6) is 11.5 Å². The third-order valence-electron chi connectivity index (χ3n) is 3.91. The second kappa shape index (κ2) is 6.90. The average molecular weight is 362 g/mol. The molecule has 0 unspecified atom stereocenters. The Kier molecular flexibility index (Phi) is 4.30. The Morgan fingerprint density at radius 3 is 2.73 bits per heavy atom. The van der Waals surface area contributed by atoms with Crippen molar-refractivity contribution in [2.45, 2.75) is 0 Å². The van der Waals surface area contributed by atoms with Crippen molar-refractivity contribution in [1.29, 1.82) is 5.26 Å². The number of rotatable bonds is 3. The van der Waals surface area contributed by atoms with Crippen molar-refractivity contribution in [1.82, 2.24) is 0 Å². The molecule has 1 amide bonds. The first kappa shape index (κ1) is 16.2. The molecule has 0 spiro atoms.